The molecule has 2 aliphatic carbocycles. The number of phenols is 1. The molecule has 2 aromatic carbocycles. The topological polar surface area (TPSA) is 95.0 Å². The lowest BCUT2D eigenvalue weighted by Gasteiger charge is -2.51. The lowest BCUT2D eigenvalue weighted by molar-refractivity contribution is -0.140. The largest absolute Gasteiger partial charge is 0.508 e. The maximum absolute atomic E-state index is 13.8. The van der Waals surface area contributed by atoms with E-state index >= 15 is 0 Å². The molecule has 6 unspecified atom stereocenters. The number of hydrogen-bond acceptors (Lipinski definition) is 5. The number of imide groups is 2. The molecule has 3 fully saturated rings. The van der Waals surface area contributed by atoms with Gasteiger partial charge < -0.3 is 5.11 Å². The van der Waals surface area contributed by atoms with Crippen LogP contribution >= 0.6 is 39.1 Å². The van der Waals surface area contributed by atoms with Gasteiger partial charge in [-0.05, 0) is 35.6 Å². The number of nitrogens with zero attached hydrogens (tertiary/aromatic N) is 2. The van der Waals surface area contributed by atoms with Gasteiger partial charge in [0.1, 0.15) is 5.75 Å². The van der Waals surface area contributed by atoms with Gasteiger partial charge in [0.05, 0.1) is 17.3 Å². The molecule has 4 aliphatic rings. The average Bonchev–Trinajstić information content (AvgIpc) is 3.17. The van der Waals surface area contributed by atoms with E-state index in [2.05, 4.69) is 15.9 Å². The van der Waals surface area contributed by atoms with Crippen molar-refractivity contribution in [3.05, 3.63) is 53.6 Å². The van der Waals surface area contributed by atoms with Gasteiger partial charge in [-0.25, -0.2) is 0 Å². The number of phenolic OH excluding ortho intramolecular Hbond substituents is 1. The first-order valence-electron chi connectivity index (χ1n) is 11.6. The standard InChI is InChI=1S/C26H21BrCl2N2O5/c1-30-21(33)15-8-7-14-16(18(15)22(30)34)10-25(28)23(35)31(11-27)24(36)26(25,29)20(14)19-13-5-3-2-4-12(13)6-9-17(19)32/h2-7,9,15-16,18,20,32H,8,10-11H2,1H3. The number of carbonyl (C=O) groups excluding carboxylic acids is 4. The van der Waals surface area contributed by atoms with Gasteiger partial charge in [0.2, 0.25) is 11.8 Å². The summed E-state index contributed by atoms with van der Waals surface area (Å²) in [6.07, 6.45) is 2.07. The van der Waals surface area contributed by atoms with Crippen molar-refractivity contribution in [2.45, 2.75) is 28.5 Å². The molecule has 0 radical (unpaired) electrons. The second kappa shape index (κ2) is 7.79. The fourth-order valence-electron chi connectivity index (χ4n) is 6.82. The maximum atomic E-state index is 13.8. The van der Waals surface area contributed by atoms with Crippen LogP contribution in [0.15, 0.2) is 48.0 Å². The van der Waals surface area contributed by atoms with E-state index in [4.69, 9.17) is 23.2 Å². The molecular weight excluding hydrogens is 571 g/mol. The molecule has 186 valence electrons. The van der Waals surface area contributed by atoms with Gasteiger partial charge in [-0.15, -0.1) is 23.2 Å². The molecule has 6 atom stereocenters. The van der Waals surface area contributed by atoms with Crippen molar-refractivity contribution in [2.24, 2.45) is 17.8 Å². The highest BCUT2D eigenvalue weighted by Gasteiger charge is 2.76. The third-order valence-electron chi connectivity index (χ3n) is 8.47. The van der Waals surface area contributed by atoms with Crippen LogP contribution in [0.25, 0.3) is 10.8 Å². The summed E-state index contributed by atoms with van der Waals surface area (Å²) < 4.78 is 0. The Morgan fingerprint density at radius 1 is 1.03 bits per heavy atom. The molecule has 7 nitrogen and oxygen atoms in total. The van der Waals surface area contributed by atoms with Crippen molar-refractivity contribution >= 4 is 73.5 Å². The van der Waals surface area contributed by atoms with E-state index in [9.17, 15) is 24.3 Å². The van der Waals surface area contributed by atoms with Crippen LogP contribution in [0.1, 0.15) is 24.3 Å². The number of hydrogen-bond donors (Lipinski definition) is 1. The van der Waals surface area contributed by atoms with Crippen molar-refractivity contribution in [3.8, 4) is 5.75 Å². The minimum Gasteiger partial charge on any atom is -0.508 e. The fraction of sp³-hybridized carbons (Fsp3) is 0.385. The second-order valence-corrected chi connectivity index (χ2v) is 11.7. The minimum absolute atomic E-state index is 0.0754. The van der Waals surface area contributed by atoms with Crippen molar-refractivity contribution in [1.29, 1.82) is 0 Å². The summed E-state index contributed by atoms with van der Waals surface area (Å²) in [5.74, 6) is -4.92. The molecule has 4 amide bonds. The van der Waals surface area contributed by atoms with Crippen LogP contribution in [-0.4, -0.2) is 60.8 Å². The molecule has 6 rings (SSSR count). The lowest BCUT2D eigenvalue weighted by Crippen LogP contribution is -2.60. The van der Waals surface area contributed by atoms with Crippen molar-refractivity contribution in [2.75, 3.05) is 12.5 Å². The fourth-order valence-corrected chi connectivity index (χ4v) is 8.22. The molecule has 0 spiro atoms. The van der Waals surface area contributed by atoms with Gasteiger partial charge in [0, 0.05) is 18.5 Å². The summed E-state index contributed by atoms with van der Waals surface area (Å²) in [6.45, 7) is 0. The molecule has 0 aromatic heterocycles. The van der Waals surface area contributed by atoms with Gasteiger partial charge in [0.15, 0.2) is 9.75 Å². The predicted octanol–water partition coefficient (Wildman–Crippen LogP) is 3.89. The number of rotatable bonds is 2. The number of carbonyl (C=O) groups is 4. The Kier molecular flexibility index (Phi) is 5.18. The number of benzene rings is 2. The predicted molar refractivity (Wildman–Crippen MR) is 137 cm³/mol. The normalized spacial score (nSPS) is 35.7. The highest BCUT2D eigenvalue weighted by Crippen LogP contribution is 2.66. The molecule has 2 saturated heterocycles. The van der Waals surface area contributed by atoms with E-state index in [1.165, 1.54) is 13.1 Å². The summed E-state index contributed by atoms with van der Waals surface area (Å²) in [4.78, 5) is 51.8. The Labute approximate surface area is 225 Å². The zero-order valence-electron chi connectivity index (χ0n) is 19.1. The van der Waals surface area contributed by atoms with Crippen LogP contribution in [0, 0.1) is 17.8 Å². The summed E-state index contributed by atoms with van der Waals surface area (Å²) >= 11 is 17.6. The van der Waals surface area contributed by atoms with Gasteiger partial charge in [-0.2, -0.15) is 0 Å². The lowest BCUT2D eigenvalue weighted by atomic mass is 9.56. The van der Waals surface area contributed by atoms with Crippen LogP contribution in [0.2, 0.25) is 0 Å². The molecule has 36 heavy (non-hydrogen) atoms. The van der Waals surface area contributed by atoms with E-state index in [0.29, 0.717) is 22.9 Å². The monoisotopic (exact) mass is 590 g/mol. The quantitative estimate of drug-likeness (QED) is 0.247. The molecule has 2 aliphatic heterocycles. The molecule has 10 heteroatoms. The third kappa shape index (κ3) is 2.70. The van der Waals surface area contributed by atoms with Crippen LogP contribution < -0.4 is 0 Å². The van der Waals surface area contributed by atoms with Gasteiger partial charge in [-0.1, -0.05) is 57.9 Å². The third-order valence-corrected chi connectivity index (χ3v) is 10.4. The SMILES string of the molecule is CN1C(=O)C2CC=C3C(CC4(Cl)C(=O)N(CBr)C(=O)C4(Cl)C3c3c(O)ccc4ccccc34)C2C1=O. The number of allylic oxidation sites excluding steroid dienone is 2. The first-order valence-corrected chi connectivity index (χ1v) is 13.5. The van der Waals surface area contributed by atoms with E-state index < -0.39 is 45.2 Å². The van der Waals surface area contributed by atoms with E-state index in [1.54, 1.807) is 6.07 Å². The Morgan fingerprint density at radius 3 is 2.47 bits per heavy atom. The zero-order chi connectivity index (χ0) is 25.7. The summed E-state index contributed by atoms with van der Waals surface area (Å²) in [5, 5.41) is 12.7. The van der Waals surface area contributed by atoms with Gasteiger partial charge >= 0.3 is 0 Å². The molecule has 0 bridgehead atoms. The van der Waals surface area contributed by atoms with E-state index in [-0.39, 0.29) is 29.4 Å². The summed E-state index contributed by atoms with van der Waals surface area (Å²) in [7, 11) is 1.46. The molecule has 2 aromatic rings. The highest BCUT2D eigenvalue weighted by atomic mass is 79.9. The smallest absolute Gasteiger partial charge is 0.254 e. The number of alkyl halides is 3. The minimum atomic E-state index is -1.95. The van der Waals surface area contributed by atoms with Gasteiger partial charge in [-0.3, -0.25) is 29.0 Å². The number of aromatic hydroxyl groups is 1. The number of fused-ring (bicyclic) bond motifs is 5. The zero-order valence-corrected chi connectivity index (χ0v) is 22.2. The Balaban J connectivity index is 1.67. The van der Waals surface area contributed by atoms with E-state index in [0.717, 1.165) is 15.2 Å². The Hall–Kier alpha value is -2.42. The van der Waals surface area contributed by atoms with Crippen LogP contribution in [0.3, 0.4) is 0 Å². The molecule has 1 N–H and O–H groups in total. The molecule has 1 saturated carbocycles. The summed E-state index contributed by atoms with van der Waals surface area (Å²) in [6, 6.07) is 10.7. The molecule has 2 heterocycles. The maximum Gasteiger partial charge on any atom is 0.254 e. The van der Waals surface area contributed by atoms with Crippen LogP contribution in [0.4, 0.5) is 0 Å². The first kappa shape index (κ1) is 23.9. The first-order chi connectivity index (χ1) is 17.1. The number of likely N-dealkylation sites (tertiary alicyclic amines) is 2. The van der Waals surface area contributed by atoms with Crippen molar-refractivity contribution < 1.29 is 24.3 Å². The summed E-state index contributed by atoms with van der Waals surface area (Å²) in [5.41, 5.74) is 0.936. The number of halogens is 3. The van der Waals surface area contributed by atoms with E-state index in [1.807, 2.05) is 30.3 Å². The van der Waals surface area contributed by atoms with Crippen molar-refractivity contribution in [1.82, 2.24) is 9.80 Å². The second-order valence-electron chi connectivity index (χ2n) is 9.94. The van der Waals surface area contributed by atoms with Gasteiger partial charge in [0.25, 0.3) is 11.8 Å². The van der Waals surface area contributed by atoms with Crippen LogP contribution in [0.5, 0.6) is 5.75 Å². The molecular formula is C26H21BrCl2N2O5. The highest BCUT2D eigenvalue weighted by molar-refractivity contribution is 9.09. The van der Waals surface area contributed by atoms with Crippen molar-refractivity contribution in [3.63, 3.8) is 0 Å². The number of amides is 4. The van der Waals surface area contributed by atoms with Crippen LogP contribution in [-0.2, 0) is 19.2 Å². The Morgan fingerprint density at radius 2 is 1.75 bits per heavy atom. The Bertz CT molecular complexity index is 1430. The average molecular weight is 592 g/mol.